The van der Waals surface area contributed by atoms with E-state index in [0.717, 1.165) is 38.6 Å². The number of pyridine rings is 2. The van der Waals surface area contributed by atoms with Crippen LogP contribution in [0.3, 0.4) is 0 Å². The molecule has 2 heterocycles. The lowest BCUT2D eigenvalue weighted by Crippen LogP contribution is -2.36. The van der Waals surface area contributed by atoms with Gasteiger partial charge in [0.15, 0.2) is 0 Å². The number of carbonyl (C=O) groups excluding carboxylic acids is 1. The average Bonchev–Trinajstić information content (AvgIpc) is 2.96. The number of nitrogens with one attached hydrogen (secondary N) is 1. The van der Waals surface area contributed by atoms with Crippen molar-refractivity contribution in [3.8, 4) is 28.3 Å². The molecule has 0 saturated heterocycles. The fourth-order valence-electron chi connectivity index (χ4n) is 4.67. The number of ether oxygens (including phenoxy) is 1. The second kappa shape index (κ2) is 17.9. The molecule has 1 aliphatic rings. The largest absolute Gasteiger partial charge is 0.503 e. The van der Waals surface area contributed by atoms with Crippen molar-refractivity contribution in [2.45, 2.75) is 51.0 Å². The predicted molar refractivity (Wildman–Crippen MR) is 169 cm³/mol. The lowest BCUT2D eigenvalue weighted by Gasteiger charge is -2.23. The summed E-state index contributed by atoms with van der Waals surface area (Å²) in [5.41, 5.74) is 1.13. The quantitative estimate of drug-likeness (QED) is 0.184. The first-order valence-electron chi connectivity index (χ1n) is 13.7. The van der Waals surface area contributed by atoms with E-state index >= 15 is 0 Å². The number of rotatable bonds is 10. The Morgan fingerprint density at radius 1 is 1.07 bits per heavy atom. The molecule has 14 heteroatoms. The van der Waals surface area contributed by atoms with Gasteiger partial charge in [-0.15, -0.1) is 12.4 Å². The van der Waals surface area contributed by atoms with Crippen LogP contribution in [0.5, 0.6) is 5.75 Å². The van der Waals surface area contributed by atoms with Crippen molar-refractivity contribution in [2.24, 2.45) is 0 Å². The van der Waals surface area contributed by atoms with Crippen molar-refractivity contribution in [3.05, 3.63) is 63.9 Å². The number of carboxylic acid groups (broad SMARTS) is 2. The normalized spacial score (nSPS) is 13.1. The van der Waals surface area contributed by atoms with E-state index in [1.165, 1.54) is 24.8 Å². The summed E-state index contributed by atoms with van der Waals surface area (Å²) >= 11 is 12.4. The molecule has 0 aliphatic heterocycles. The fraction of sp³-hybridized carbons (Fsp3) is 0.400. The summed E-state index contributed by atoms with van der Waals surface area (Å²) in [5.74, 6) is 0.137. The van der Waals surface area contributed by atoms with Crippen LogP contribution in [-0.4, -0.2) is 70.4 Å². The van der Waals surface area contributed by atoms with Crippen LogP contribution < -0.4 is 10.1 Å². The monoisotopic (exact) mass is 674 g/mol. The van der Waals surface area contributed by atoms with Gasteiger partial charge in [0, 0.05) is 35.5 Å². The summed E-state index contributed by atoms with van der Waals surface area (Å²) in [6.45, 7) is 1.29. The molecule has 3 aromatic rings. The number of benzene rings is 1. The number of nitrogens with zero attached hydrogens (tertiary/aromatic N) is 3. The Bertz CT molecular complexity index is 1410. The van der Waals surface area contributed by atoms with E-state index in [0.29, 0.717) is 34.2 Å². The molecule has 0 atom stereocenters. The highest BCUT2D eigenvalue weighted by Gasteiger charge is 2.23. The van der Waals surface area contributed by atoms with Crippen molar-refractivity contribution < 1.29 is 33.3 Å². The van der Waals surface area contributed by atoms with E-state index in [1.54, 1.807) is 24.3 Å². The Labute approximate surface area is 271 Å². The Balaban J connectivity index is 0.00000127. The van der Waals surface area contributed by atoms with Gasteiger partial charge >= 0.3 is 6.16 Å². The smallest absolute Gasteiger partial charge is 0.492 e. The number of alkyl halides is 2. The predicted octanol–water partition coefficient (Wildman–Crippen LogP) is 8.09. The van der Waals surface area contributed by atoms with Gasteiger partial charge in [-0.25, -0.2) is 18.6 Å². The molecular formula is C30H35Cl3F2N4O5. The Hall–Kier alpha value is -3.25. The summed E-state index contributed by atoms with van der Waals surface area (Å²) in [6, 6.07) is 9.54. The maximum atomic E-state index is 14.0. The fourth-order valence-corrected chi connectivity index (χ4v) is 5.01. The third-order valence-electron chi connectivity index (χ3n) is 6.65. The Kier molecular flexibility index (Phi) is 15.0. The Morgan fingerprint density at radius 2 is 1.75 bits per heavy atom. The first kappa shape index (κ1) is 36.9. The third-order valence-corrected chi connectivity index (χ3v) is 7.17. The van der Waals surface area contributed by atoms with Crippen molar-refractivity contribution in [3.63, 3.8) is 0 Å². The van der Waals surface area contributed by atoms with Crippen LogP contribution in [0, 0.1) is 0 Å². The standard InChI is InChI=1S/C29H32Cl2F2N4O2.CH2O3.ClH/c1-37(2)13-6-14-39-25-15-18(9-11-23(25)31)26-21(27-22(28(32)33)16-19(30)17-34-27)10-12-24(36-26)29(38)35-20-7-4-3-5-8-20;2-1(3)4;/h9-12,15-17,20,28H,3-8,13-14H2,1-2H3,(H,35,38);(H2,2,3,4);1H. The molecular weight excluding hydrogens is 641 g/mol. The molecule has 240 valence electrons. The molecule has 1 fully saturated rings. The van der Waals surface area contributed by atoms with Gasteiger partial charge in [0.1, 0.15) is 11.4 Å². The van der Waals surface area contributed by atoms with Gasteiger partial charge in [0.25, 0.3) is 12.3 Å². The van der Waals surface area contributed by atoms with Gasteiger partial charge in [-0.05, 0) is 63.7 Å². The van der Waals surface area contributed by atoms with Crippen LogP contribution >= 0.6 is 35.6 Å². The molecule has 1 aliphatic carbocycles. The lowest BCUT2D eigenvalue weighted by atomic mass is 9.95. The zero-order valence-corrected chi connectivity index (χ0v) is 26.6. The van der Waals surface area contributed by atoms with Crippen molar-refractivity contribution in [1.29, 1.82) is 0 Å². The number of amides is 1. The molecule has 1 saturated carbocycles. The first-order chi connectivity index (χ1) is 20.5. The number of halogens is 5. The van der Waals surface area contributed by atoms with Gasteiger partial charge in [-0.3, -0.25) is 9.78 Å². The SMILES string of the molecule is CN(C)CCCOc1cc(-c2nc(C(=O)NC3CCCCC3)ccc2-c2ncc(Cl)cc2C(F)F)ccc1Cl.Cl.O=C(O)O. The van der Waals surface area contributed by atoms with E-state index in [4.69, 9.17) is 42.9 Å². The Morgan fingerprint density at radius 3 is 2.39 bits per heavy atom. The van der Waals surface area contributed by atoms with Crippen molar-refractivity contribution >= 4 is 47.7 Å². The zero-order valence-electron chi connectivity index (χ0n) is 24.2. The molecule has 2 aromatic heterocycles. The van der Waals surface area contributed by atoms with Crippen LogP contribution in [-0.2, 0) is 0 Å². The van der Waals surface area contributed by atoms with Crippen molar-refractivity contribution in [1.82, 2.24) is 20.2 Å². The molecule has 4 rings (SSSR count). The topological polar surface area (TPSA) is 125 Å². The van der Waals surface area contributed by atoms with Crippen LogP contribution in [0.1, 0.15) is 61.0 Å². The highest BCUT2D eigenvalue weighted by atomic mass is 35.5. The maximum absolute atomic E-state index is 14.0. The van der Waals surface area contributed by atoms with E-state index in [1.807, 2.05) is 14.1 Å². The van der Waals surface area contributed by atoms with Crippen LogP contribution in [0.2, 0.25) is 10.0 Å². The maximum Gasteiger partial charge on any atom is 0.503 e. The molecule has 0 bridgehead atoms. The second-order valence-corrected chi connectivity index (χ2v) is 11.1. The number of aromatic nitrogens is 2. The highest BCUT2D eigenvalue weighted by Crippen LogP contribution is 2.38. The van der Waals surface area contributed by atoms with Gasteiger partial charge in [-0.2, -0.15) is 0 Å². The lowest BCUT2D eigenvalue weighted by molar-refractivity contribution is 0.0922. The molecule has 0 unspecified atom stereocenters. The highest BCUT2D eigenvalue weighted by molar-refractivity contribution is 6.32. The molecule has 9 nitrogen and oxygen atoms in total. The van der Waals surface area contributed by atoms with E-state index in [-0.39, 0.29) is 46.3 Å². The first-order valence-corrected chi connectivity index (χ1v) is 14.5. The van der Waals surface area contributed by atoms with Gasteiger partial charge in [-0.1, -0.05) is 48.5 Å². The molecule has 0 radical (unpaired) electrons. The summed E-state index contributed by atoms with van der Waals surface area (Å²) in [4.78, 5) is 32.6. The minimum Gasteiger partial charge on any atom is -0.492 e. The molecule has 3 N–H and O–H groups in total. The van der Waals surface area contributed by atoms with Gasteiger partial charge in [0.05, 0.1) is 28.0 Å². The van der Waals surface area contributed by atoms with Crippen molar-refractivity contribution in [2.75, 3.05) is 27.2 Å². The zero-order chi connectivity index (χ0) is 31.5. The van der Waals surface area contributed by atoms with Gasteiger partial charge in [0.2, 0.25) is 0 Å². The summed E-state index contributed by atoms with van der Waals surface area (Å²) in [7, 11) is 3.97. The van der Waals surface area contributed by atoms with E-state index in [2.05, 4.69) is 20.2 Å². The number of hydrogen-bond acceptors (Lipinski definition) is 6. The number of carbonyl (C=O) groups is 2. The third kappa shape index (κ3) is 11.0. The van der Waals surface area contributed by atoms with E-state index in [9.17, 15) is 13.6 Å². The average molecular weight is 676 g/mol. The summed E-state index contributed by atoms with van der Waals surface area (Å²) in [6.07, 6.45) is 2.63. The summed E-state index contributed by atoms with van der Waals surface area (Å²) in [5, 5.41) is 17.5. The molecule has 1 aromatic carbocycles. The summed E-state index contributed by atoms with van der Waals surface area (Å²) < 4.78 is 34.0. The van der Waals surface area contributed by atoms with Gasteiger partial charge < -0.3 is 25.2 Å². The number of hydrogen-bond donors (Lipinski definition) is 3. The molecule has 44 heavy (non-hydrogen) atoms. The van der Waals surface area contributed by atoms with E-state index < -0.39 is 12.6 Å². The second-order valence-electron chi connectivity index (χ2n) is 10.2. The molecule has 0 spiro atoms. The minimum atomic E-state index is -2.81. The molecule has 1 amide bonds. The van der Waals surface area contributed by atoms with Crippen LogP contribution in [0.15, 0.2) is 42.6 Å². The van der Waals surface area contributed by atoms with Crippen LogP contribution in [0.4, 0.5) is 13.6 Å². The van der Waals surface area contributed by atoms with Crippen LogP contribution in [0.25, 0.3) is 22.5 Å². The minimum absolute atomic E-state index is 0.